The molecule has 102 valence electrons. The SMILES string of the molecule is CCNS(=O)(=O)Nc1ccc(OCC)c(CN)c1. The minimum absolute atomic E-state index is 0.284. The van der Waals surface area contributed by atoms with Crippen molar-refractivity contribution >= 4 is 15.9 Å². The summed E-state index contributed by atoms with van der Waals surface area (Å²) >= 11 is 0. The normalized spacial score (nSPS) is 11.3. The number of benzene rings is 1. The Morgan fingerprint density at radius 1 is 1.33 bits per heavy atom. The molecule has 0 heterocycles. The summed E-state index contributed by atoms with van der Waals surface area (Å²) in [4.78, 5) is 0. The van der Waals surface area contributed by atoms with E-state index in [0.717, 1.165) is 5.56 Å². The van der Waals surface area contributed by atoms with Crippen molar-refractivity contribution < 1.29 is 13.2 Å². The Morgan fingerprint density at radius 3 is 2.61 bits per heavy atom. The lowest BCUT2D eigenvalue weighted by molar-refractivity contribution is 0.336. The van der Waals surface area contributed by atoms with Gasteiger partial charge in [0, 0.05) is 18.7 Å². The molecular weight excluding hydrogens is 254 g/mol. The lowest BCUT2D eigenvalue weighted by Gasteiger charge is -2.12. The maximum atomic E-state index is 11.5. The zero-order valence-electron chi connectivity index (χ0n) is 10.6. The molecule has 0 atom stereocenters. The van der Waals surface area contributed by atoms with Crippen molar-refractivity contribution in [2.45, 2.75) is 20.4 Å². The van der Waals surface area contributed by atoms with Crippen LogP contribution in [0.5, 0.6) is 5.75 Å². The molecule has 0 bridgehead atoms. The van der Waals surface area contributed by atoms with Crippen LogP contribution in [0.3, 0.4) is 0 Å². The van der Waals surface area contributed by atoms with Crippen molar-refractivity contribution in [3.63, 3.8) is 0 Å². The van der Waals surface area contributed by atoms with Gasteiger partial charge >= 0.3 is 0 Å². The molecule has 1 rings (SSSR count). The molecule has 6 nitrogen and oxygen atoms in total. The van der Waals surface area contributed by atoms with Crippen LogP contribution in [0, 0.1) is 0 Å². The number of anilines is 1. The van der Waals surface area contributed by atoms with Crippen molar-refractivity contribution in [2.75, 3.05) is 17.9 Å². The third kappa shape index (κ3) is 4.17. The van der Waals surface area contributed by atoms with Crippen LogP contribution in [-0.4, -0.2) is 21.6 Å². The molecule has 0 unspecified atom stereocenters. The molecule has 0 saturated heterocycles. The Bertz CT molecular complexity index is 488. The molecule has 18 heavy (non-hydrogen) atoms. The van der Waals surface area contributed by atoms with E-state index >= 15 is 0 Å². The fraction of sp³-hybridized carbons (Fsp3) is 0.455. The average molecular weight is 273 g/mol. The lowest BCUT2D eigenvalue weighted by Crippen LogP contribution is -2.29. The predicted molar refractivity (Wildman–Crippen MR) is 71.7 cm³/mol. The van der Waals surface area contributed by atoms with E-state index in [1.54, 1.807) is 25.1 Å². The molecule has 7 heteroatoms. The van der Waals surface area contributed by atoms with Gasteiger partial charge < -0.3 is 10.5 Å². The first-order valence-corrected chi connectivity index (χ1v) is 7.24. The summed E-state index contributed by atoms with van der Waals surface area (Å²) in [6, 6.07) is 5.01. The average Bonchev–Trinajstić information content (AvgIpc) is 2.30. The Morgan fingerprint density at radius 2 is 2.06 bits per heavy atom. The summed E-state index contributed by atoms with van der Waals surface area (Å²) in [7, 11) is -3.52. The van der Waals surface area contributed by atoms with Crippen molar-refractivity contribution in [3.05, 3.63) is 23.8 Å². The topological polar surface area (TPSA) is 93.5 Å². The first-order valence-electron chi connectivity index (χ1n) is 5.75. The summed E-state index contributed by atoms with van der Waals surface area (Å²) in [6.45, 7) is 4.74. The third-order valence-electron chi connectivity index (χ3n) is 2.17. The minimum atomic E-state index is -3.52. The molecule has 0 amide bonds. The fourth-order valence-electron chi connectivity index (χ4n) is 1.48. The lowest BCUT2D eigenvalue weighted by atomic mass is 10.2. The highest BCUT2D eigenvalue weighted by Crippen LogP contribution is 2.22. The second kappa shape index (κ2) is 6.58. The van der Waals surface area contributed by atoms with E-state index in [1.807, 2.05) is 6.92 Å². The maximum absolute atomic E-state index is 11.5. The van der Waals surface area contributed by atoms with E-state index in [4.69, 9.17) is 10.5 Å². The largest absolute Gasteiger partial charge is 0.494 e. The molecular formula is C11H19N3O3S. The fourth-order valence-corrected chi connectivity index (χ4v) is 2.37. The van der Waals surface area contributed by atoms with Gasteiger partial charge in [-0.05, 0) is 25.1 Å². The molecule has 0 aliphatic carbocycles. The first-order chi connectivity index (χ1) is 8.52. The Hall–Kier alpha value is -1.31. The molecule has 1 aromatic rings. The van der Waals surface area contributed by atoms with Gasteiger partial charge in [-0.1, -0.05) is 6.92 Å². The number of hydrogen-bond donors (Lipinski definition) is 3. The minimum Gasteiger partial charge on any atom is -0.494 e. The van der Waals surface area contributed by atoms with Crippen LogP contribution < -0.4 is 19.9 Å². The number of nitrogens with two attached hydrogens (primary N) is 1. The van der Waals surface area contributed by atoms with Crippen LogP contribution in [-0.2, 0) is 16.8 Å². The molecule has 0 aliphatic heterocycles. The van der Waals surface area contributed by atoms with Crippen molar-refractivity contribution in [3.8, 4) is 5.75 Å². The summed E-state index contributed by atoms with van der Waals surface area (Å²) in [5.41, 5.74) is 6.82. The van der Waals surface area contributed by atoms with Crippen LogP contribution in [0.4, 0.5) is 5.69 Å². The van der Waals surface area contributed by atoms with Crippen LogP contribution in [0.1, 0.15) is 19.4 Å². The van der Waals surface area contributed by atoms with E-state index in [1.165, 1.54) is 0 Å². The van der Waals surface area contributed by atoms with Gasteiger partial charge in [-0.15, -0.1) is 0 Å². The van der Waals surface area contributed by atoms with Gasteiger partial charge in [-0.3, -0.25) is 4.72 Å². The summed E-state index contributed by atoms with van der Waals surface area (Å²) in [5.74, 6) is 0.673. The molecule has 0 saturated carbocycles. The van der Waals surface area contributed by atoms with E-state index in [-0.39, 0.29) is 6.54 Å². The number of rotatable bonds is 7. The van der Waals surface area contributed by atoms with E-state index in [9.17, 15) is 8.42 Å². The number of nitrogens with one attached hydrogen (secondary N) is 2. The third-order valence-corrected chi connectivity index (χ3v) is 3.34. The zero-order valence-corrected chi connectivity index (χ0v) is 11.4. The predicted octanol–water partition coefficient (Wildman–Crippen LogP) is 0.810. The van der Waals surface area contributed by atoms with E-state index < -0.39 is 10.2 Å². The molecule has 0 aromatic heterocycles. The van der Waals surface area contributed by atoms with Gasteiger partial charge in [0.05, 0.1) is 12.3 Å². The quantitative estimate of drug-likeness (QED) is 0.685. The first kappa shape index (κ1) is 14.7. The number of hydrogen-bond acceptors (Lipinski definition) is 4. The van der Waals surface area contributed by atoms with Gasteiger partial charge in [0.15, 0.2) is 0 Å². The highest BCUT2D eigenvalue weighted by molar-refractivity contribution is 7.90. The molecule has 1 aromatic carbocycles. The van der Waals surface area contributed by atoms with Crippen molar-refractivity contribution in [2.24, 2.45) is 5.73 Å². The van der Waals surface area contributed by atoms with E-state index in [0.29, 0.717) is 24.6 Å². The standard InChI is InChI=1S/C11H19N3O3S/c1-3-13-18(15,16)14-10-5-6-11(17-4-2)9(7-10)8-12/h5-7,13-14H,3-4,8,12H2,1-2H3. The second-order valence-corrected chi connectivity index (χ2v) is 5.06. The second-order valence-electron chi connectivity index (χ2n) is 3.56. The monoisotopic (exact) mass is 273 g/mol. The van der Waals surface area contributed by atoms with Crippen LogP contribution >= 0.6 is 0 Å². The molecule has 0 aliphatic rings. The van der Waals surface area contributed by atoms with Gasteiger partial charge in [-0.2, -0.15) is 13.1 Å². The molecule has 0 radical (unpaired) electrons. The highest BCUT2D eigenvalue weighted by Gasteiger charge is 2.10. The Kier molecular flexibility index (Phi) is 5.39. The Labute approximate surface area is 108 Å². The van der Waals surface area contributed by atoms with Crippen molar-refractivity contribution in [1.82, 2.24) is 4.72 Å². The highest BCUT2D eigenvalue weighted by atomic mass is 32.2. The Balaban J connectivity index is 2.92. The molecule has 0 fully saturated rings. The molecule has 4 N–H and O–H groups in total. The van der Waals surface area contributed by atoms with Gasteiger partial charge in [0.2, 0.25) is 0 Å². The summed E-state index contributed by atoms with van der Waals surface area (Å²) < 4.78 is 33.2. The summed E-state index contributed by atoms with van der Waals surface area (Å²) in [6.07, 6.45) is 0. The molecule has 0 spiro atoms. The van der Waals surface area contributed by atoms with Crippen LogP contribution in [0.15, 0.2) is 18.2 Å². The van der Waals surface area contributed by atoms with Gasteiger partial charge in [-0.25, -0.2) is 0 Å². The zero-order chi connectivity index (χ0) is 13.6. The smallest absolute Gasteiger partial charge is 0.299 e. The van der Waals surface area contributed by atoms with Crippen molar-refractivity contribution in [1.29, 1.82) is 0 Å². The van der Waals surface area contributed by atoms with Gasteiger partial charge in [0.25, 0.3) is 10.2 Å². The number of ether oxygens (including phenoxy) is 1. The van der Waals surface area contributed by atoms with E-state index in [2.05, 4.69) is 9.44 Å². The maximum Gasteiger partial charge on any atom is 0.299 e. The van der Waals surface area contributed by atoms with Gasteiger partial charge in [0.1, 0.15) is 5.75 Å². The van der Waals surface area contributed by atoms with Crippen LogP contribution in [0.2, 0.25) is 0 Å². The summed E-state index contributed by atoms with van der Waals surface area (Å²) in [5, 5.41) is 0. The van der Waals surface area contributed by atoms with Crippen LogP contribution in [0.25, 0.3) is 0 Å².